The molecule has 22 heavy (non-hydrogen) atoms. The second-order valence-corrected chi connectivity index (χ2v) is 6.17. The molecule has 3 rings (SSSR count). The summed E-state index contributed by atoms with van der Waals surface area (Å²) in [5.74, 6) is 1.39. The summed E-state index contributed by atoms with van der Waals surface area (Å²) in [4.78, 5) is 4.29. The highest BCUT2D eigenvalue weighted by Crippen LogP contribution is 2.41. The van der Waals surface area contributed by atoms with Gasteiger partial charge in [-0.2, -0.15) is 0 Å². The molecule has 122 valence electrons. The molecule has 3 unspecified atom stereocenters. The normalized spacial score (nSPS) is 27.2. The number of guanidine groups is 1. The van der Waals surface area contributed by atoms with Crippen LogP contribution in [0.25, 0.3) is 0 Å². The summed E-state index contributed by atoms with van der Waals surface area (Å²) < 4.78 is 5.61. The van der Waals surface area contributed by atoms with Crippen molar-refractivity contribution in [3.8, 4) is 0 Å². The van der Waals surface area contributed by atoms with Gasteiger partial charge in [0.15, 0.2) is 5.96 Å². The topological polar surface area (TPSA) is 45.7 Å². The van der Waals surface area contributed by atoms with Gasteiger partial charge in [-0.05, 0) is 37.0 Å². The van der Waals surface area contributed by atoms with Gasteiger partial charge in [0, 0.05) is 37.2 Å². The predicted molar refractivity (Wildman–Crippen MR) is 101 cm³/mol. The Morgan fingerprint density at radius 2 is 2.32 bits per heavy atom. The fraction of sp³-hybridized carbons (Fsp3) is 0.562. The second kappa shape index (κ2) is 8.36. The number of halogens is 2. The number of rotatable bonds is 4. The van der Waals surface area contributed by atoms with Crippen molar-refractivity contribution in [2.45, 2.75) is 37.3 Å². The van der Waals surface area contributed by atoms with Crippen molar-refractivity contribution in [2.24, 2.45) is 4.99 Å². The molecule has 1 aromatic rings. The van der Waals surface area contributed by atoms with Crippen molar-refractivity contribution in [3.05, 3.63) is 34.9 Å². The lowest BCUT2D eigenvalue weighted by Gasteiger charge is -2.15. The van der Waals surface area contributed by atoms with Crippen LogP contribution in [-0.2, 0) is 4.74 Å². The van der Waals surface area contributed by atoms with Crippen LogP contribution in [0.3, 0.4) is 0 Å². The molecule has 1 aliphatic heterocycles. The van der Waals surface area contributed by atoms with Crippen LogP contribution in [0.5, 0.6) is 0 Å². The standard InChI is InChI=1S/C16H22ClN3O.HI/c1-18-16(19-10-13-6-3-7-21-13)20-15-9-14(15)11-4-2-5-12(17)8-11;/h2,4-5,8,13-15H,3,6-7,9-10H2,1H3,(H2,18,19,20);1H. The van der Waals surface area contributed by atoms with Gasteiger partial charge in [-0.15, -0.1) is 24.0 Å². The van der Waals surface area contributed by atoms with Crippen LogP contribution in [0.2, 0.25) is 5.02 Å². The van der Waals surface area contributed by atoms with Crippen LogP contribution in [0.15, 0.2) is 29.3 Å². The average Bonchev–Trinajstić information content (AvgIpc) is 3.06. The quantitative estimate of drug-likeness (QED) is 0.434. The number of hydrogen-bond donors (Lipinski definition) is 2. The monoisotopic (exact) mass is 435 g/mol. The Morgan fingerprint density at radius 1 is 1.45 bits per heavy atom. The Morgan fingerprint density at radius 3 is 3.00 bits per heavy atom. The maximum Gasteiger partial charge on any atom is 0.191 e. The first kappa shape index (κ1) is 17.8. The number of ether oxygens (including phenoxy) is 1. The zero-order valence-electron chi connectivity index (χ0n) is 12.7. The van der Waals surface area contributed by atoms with E-state index in [0.717, 1.165) is 43.4 Å². The van der Waals surface area contributed by atoms with Gasteiger partial charge in [0.1, 0.15) is 0 Å². The van der Waals surface area contributed by atoms with Gasteiger partial charge >= 0.3 is 0 Å². The van der Waals surface area contributed by atoms with Gasteiger partial charge in [-0.1, -0.05) is 23.7 Å². The molecular weight excluding hydrogens is 413 g/mol. The van der Waals surface area contributed by atoms with E-state index in [1.165, 1.54) is 5.56 Å². The van der Waals surface area contributed by atoms with E-state index >= 15 is 0 Å². The van der Waals surface area contributed by atoms with Crippen LogP contribution in [0.1, 0.15) is 30.7 Å². The number of hydrogen-bond acceptors (Lipinski definition) is 2. The Hall–Kier alpha value is -0.530. The number of benzene rings is 1. The molecule has 4 nitrogen and oxygen atoms in total. The minimum absolute atomic E-state index is 0. The first-order valence-electron chi connectivity index (χ1n) is 7.60. The van der Waals surface area contributed by atoms with Gasteiger partial charge in [0.2, 0.25) is 0 Å². The highest BCUT2D eigenvalue weighted by molar-refractivity contribution is 14.0. The Labute approximate surface area is 154 Å². The molecule has 0 spiro atoms. The molecule has 1 saturated heterocycles. The van der Waals surface area contributed by atoms with E-state index in [9.17, 15) is 0 Å². The first-order valence-corrected chi connectivity index (χ1v) is 7.98. The minimum Gasteiger partial charge on any atom is -0.376 e. The lowest BCUT2D eigenvalue weighted by molar-refractivity contribution is 0.114. The number of nitrogens with zero attached hydrogens (tertiary/aromatic N) is 1. The van der Waals surface area contributed by atoms with Gasteiger partial charge in [-0.25, -0.2) is 0 Å². The fourth-order valence-corrected chi connectivity index (χ4v) is 3.04. The Balaban J connectivity index is 0.00000176. The van der Waals surface area contributed by atoms with Crippen molar-refractivity contribution in [1.29, 1.82) is 0 Å². The lowest BCUT2D eigenvalue weighted by atomic mass is 10.1. The van der Waals surface area contributed by atoms with Gasteiger partial charge < -0.3 is 15.4 Å². The molecule has 2 N–H and O–H groups in total. The summed E-state index contributed by atoms with van der Waals surface area (Å²) in [6.07, 6.45) is 3.75. The van der Waals surface area contributed by atoms with E-state index in [0.29, 0.717) is 18.1 Å². The molecule has 2 fully saturated rings. The molecule has 0 aromatic heterocycles. The van der Waals surface area contributed by atoms with Crippen LogP contribution in [-0.4, -0.2) is 38.3 Å². The maximum atomic E-state index is 6.05. The molecule has 2 aliphatic rings. The Kier molecular flexibility index (Phi) is 6.77. The SMILES string of the molecule is CN=C(NCC1CCCO1)NC1CC1c1cccc(Cl)c1.I. The molecular formula is C16H23ClIN3O. The van der Waals surface area contributed by atoms with E-state index in [-0.39, 0.29) is 24.0 Å². The lowest BCUT2D eigenvalue weighted by Crippen LogP contribution is -2.42. The van der Waals surface area contributed by atoms with E-state index in [1.807, 2.05) is 19.2 Å². The van der Waals surface area contributed by atoms with Crippen molar-refractivity contribution in [1.82, 2.24) is 10.6 Å². The van der Waals surface area contributed by atoms with Crippen LogP contribution in [0, 0.1) is 0 Å². The molecule has 1 aromatic carbocycles. The van der Waals surface area contributed by atoms with Gasteiger partial charge in [0.05, 0.1) is 6.10 Å². The van der Waals surface area contributed by atoms with E-state index in [2.05, 4.69) is 27.8 Å². The third-order valence-electron chi connectivity index (χ3n) is 4.13. The number of nitrogens with one attached hydrogen (secondary N) is 2. The largest absolute Gasteiger partial charge is 0.376 e. The van der Waals surface area contributed by atoms with Crippen molar-refractivity contribution >= 4 is 41.5 Å². The molecule has 1 heterocycles. The summed E-state index contributed by atoms with van der Waals surface area (Å²) >= 11 is 6.05. The summed E-state index contributed by atoms with van der Waals surface area (Å²) in [5.41, 5.74) is 1.30. The van der Waals surface area contributed by atoms with Crippen LogP contribution < -0.4 is 10.6 Å². The molecule has 0 amide bonds. The summed E-state index contributed by atoms with van der Waals surface area (Å²) in [6, 6.07) is 8.56. The van der Waals surface area contributed by atoms with E-state index < -0.39 is 0 Å². The van der Waals surface area contributed by atoms with Crippen molar-refractivity contribution in [3.63, 3.8) is 0 Å². The van der Waals surface area contributed by atoms with Crippen molar-refractivity contribution < 1.29 is 4.74 Å². The summed E-state index contributed by atoms with van der Waals surface area (Å²) in [7, 11) is 1.81. The average molecular weight is 436 g/mol. The highest BCUT2D eigenvalue weighted by Gasteiger charge is 2.39. The molecule has 1 saturated carbocycles. The van der Waals surface area contributed by atoms with Gasteiger partial charge in [-0.3, -0.25) is 4.99 Å². The molecule has 0 radical (unpaired) electrons. The second-order valence-electron chi connectivity index (χ2n) is 5.74. The molecule has 1 aliphatic carbocycles. The number of aliphatic imine (C=N–C) groups is 1. The predicted octanol–water partition coefficient (Wildman–Crippen LogP) is 3.16. The first-order chi connectivity index (χ1) is 10.3. The third kappa shape index (κ3) is 4.73. The van der Waals surface area contributed by atoms with E-state index in [4.69, 9.17) is 16.3 Å². The third-order valence-corrected chi connectivity index (χ3v) is 4.37. The van der Waals surface area contributed by atoms with Crippen LogP contribution in [0.4, 0.5) is 0 Å². The highest BCUT2D eigenvalue weighted by atomic mass is 127. The van der Waals surface area contributed by atoms with Crippen LogP contribution >= 0.6 is 35.6 Å². The zero-order chi connectivity index (χ0) is 14.7. The minimum atomic E-state index is 0. The Bertz CT molecular complexity index is 520. The van der Waals surface area contributed by atoms with E-state index in [1.54, 1.807) is 0 Å². The molecule has 6 heteroatoms. The van der Waals surface area contributed by atoms with Crippen molar-refractivity contribution in [2.75, 3.05) is 20.2 Å². The summed E-state index contributed by atoms with van der Waals surface area (Å²) in [6.45, 7) is 1.71. The molecule has 0 bridgehead atoms. The van der Waals surface area contributed by atoms with Gasteiger partial charge in [0.25, 0.3) is 0 Å². The smallest absolute Gasteiger partial charge is 0.191 e. The molecule has 3 atom stereocenters. The fourth-order valence-electron chi connectivity index (χ4n) is 2.85. The zero-order valence-corrected chi connectivity index (χ0v) is 15.8. The maximum absolute atomic E-state index is 6.05. The summed E-state index contributed by atoms with van der Waals surface area (Å²) in [5, 5.41) is 7.63.